The van der Waals surface area contributed by atoms with Crippen LogP contribution in [0.3, 0.4) is 0 Å². The van der Waals surface area contributed by atoms with Crippen molar-refractivity contribution >= 4 is 77.0 Å². The fourth-order valence-electron chi connectivity index (χ4n) is 12.7. The molecule has 2 fully saturated rings. The van der Waals surface area contributed by atoms with Crippen molar-refractivity contribution < 1.29 is 72.5 Å². The molecule has 1 unspecified atom stereocenters. The first-order valence-electron chi connectivity index (χ1n) is 36.0. The summed E-state index contributed by atoms with van der Waals surface area (Å²) in [6.45, 7) is 29.8. The average Bonchev–Trinajstić information content (AvgIpc) is 0.798. The quantitative estimate of drug-likeness (QED) is 0.0978. The van der Waals surface area contributed by atoms with Crippen molar-refractivity contribution in [1.29, 1.82) is 0 Å². The first kappa shape index (κ1) is 88.2. The van der Waals surface area contributed by atoms with Crippen LogP contribution in [0.25, 0.3) is 0 Å². The van der Waals surface area contributed by atoms with Crippen LogP contribution in [0.5, 0.6) is 0 Å². The van der Waals surface area contributed by atoms with Gasteiger partial charge in [0.15, 0.2) is 0 Å². The van der Waals surface area contributed by atoms with Crippen molar-refractivity contribution in [3.8, 4) is 0 Å². The number of rotatable bonds is 19. The fraction of sp³-hybridized carbons (Fsp3) is 0.750. The lowest BCUT2D eigenvalue weighted by atomic mass is 9.91. The molecule has 0 aromatic carbocycles. The molecule has 0 aliphatic carbocycles. The zero-order chi connectivity index (χ0) is 77.6. The van der Waals surface area contributed by atoms with E-state index in [9.17, 15) is 48.6 Å². The van der Waals surface area contributed by atoms with Gasteiger partial charge < -0.3 is 80.7 Å². The van der Waals surface area contributed by atoms with Crippen LogP contribution in [0.1, 0.15) is 156 Å². The van der Waals surface area contributed by atoms with Crippen LogP contribution >= 0.6 is 0 Å². The lowest BCUT2D eigenvalue weighted by molar-refractivity contribution is -0.155. The number of aliphatic hydroxyl groups is 2. The molecular formula is C72H123N15O15. The minimum atomic E-state index is -1.80. The van der Waals surface area contributed by atoms with Crippen LogP contribution in [-0.2, 0) is 57.5 Å². The Morgan fingerprint density at radius 2 is 0.951 bits per heavy atom. The Hall–Kier alpha value is -8.02. The maximum absolute atomic E-state index is 15.4. The predicted octanol–water partition coefficient (Wildman–Crippen LogP) is 2.41. The second kappa shape index (κ2) is 40.7. The number of allylic oxidation sites excluding steroid dienone is 2. The first-order chi connectivity index (χ1) is 47.5. The lowest BCUT2D eigenvalue weighted by Crippen LogP contribution is -2.65. The van der Waals surface area contributed by atoms with E-state index in [1.54, 1.807) is 65.2 Å². The standard InChI is InChI=1S/C72H123N15O15/c1-24-25-27-46(13)59(89)58-64(94)79-56(50(17)88)69(99)80(18)49(16)66(96)82(20)54(37-43(8)9)62(92)77-51(34-40(2)3)67(97)83(21)53(36-42(6)7)61(91)75-47(14)60(90)76-48(15)65(95)81(19)55(38-45(12)39-102-72(101)87-32-30-86(31-33-87)71-73-28-26-29-74-71)63(93)78-52(35-41(4)5)68(98)84(22)57(44(10)11)70(100)85(58)23/h24-26,28-29,40-59,88-89H,27,30-39H2,1-23H3,(H,75,91)(H,76,90)(H,77,92)(H,78,93)(H,79,94)/b25-24+/t45-,46+,47-,48+,49-,50?,51-,52-,53-,54-,55-,56-,57-,58-,59+/m0/s1. The molecule has 30 heteroatoms. The van der Waals surface area contributed by atoms with E-state index in [2.05, 4.69) is 36.6 Å². The Balaban J connectivity index is 2.31. The summed E-state index contributed by atoms with van der Waals surface area (Å²) in [6.07, 6.45) is 3.21. The summed E-state index contributed by atoms with van der Waals surface area (Å²) < 4.78 is 5.82. The van der Waals surface area contributed by atoms with Crippen LogP contribution in [0, 0.1) is 41.4 Å². The van der Waals surface area contributed by atoms with E-state index in [0.29, 0.717) is 32.1 Å². The minimum absolute atomic E-state index is 0.00495. The van der Waals surface area contributed by atoms with E-state index >= 15 is 19.2 Å². The van der Waals surface area contributed by atoms with Crippen LogP contribution in [0.4, 0.5) is 10.7 Å². The fourth-order valence-corrected chi connectivity index (χ4v) is 12.7. The highest BCUT2D eigenvalue weighted by molar-refractivity contribution is 6.00. The van der Waals surface area contributed by atoms with E-state index in [1.807, 2.05) is 60.3 Å². The lowest BCUT2D eigenvalue weighted by Gasteiger charge is -2.40. The maximum Gasteiger partial charge on any atom is 0.409 e. The molecule has 3 heterocycles. The zero-order valence-electron chi connectivity index (χ0n) is 64.9. The summed E-state index contributed by atoms with van der Waals surface area (Å²) in [7, 11) is 8.04. The molecule has 2 saturated heterocycles. The SMILES string of the molecule is C/C=C/C[C@@H](C)[C@@H](O)[C@H]1C(=O)N[C@@H](C(C)O)C(=O)N(C)[C@@H](C)C(=O)N(C)[C@@H](CC(C)C)C(=O)N[C@@H](CC(C)C)C(=O)N(C)[C@@H](CC(C)C)C(=O)N[C@@H](C)C(=O)N[C@H](C)C(=O)N(C)[C@@H](C[C@H](C)COC(=O)N2CCN(c3ncccn3)CC2)C(=O)N[C@@H](CC(C)C)C(=O)N(C)[C@@H](C(C)C)C(=O)N1C. The number of ether oxygens (including phenoxy) is 1. The molecule has 576 valence electrons. The number of carbonyl (C=O) groups is 12. The highest BCUT2D eigenvalue weighted by Crippen LogP contribution is 2.25. The molecule has 0 saturated carbocycles. The van der Waals surface area contributed by atoms with E-state index < -0.39 is 167 Å². The molecule has 2 aliphatic heterocycles. The number of anilines is 1. The normalized spacial score (nSPS) is 26.5. The number of aromatic nitrogens is 2. The maximum atomic E-state index is 15.4. The van der Waals surface area contributed by atoms with Gasteiger partial charge in [0, 0.05) is 80.9 Å². The number of piperazine rings is 1. The largest absolute Gasteiger partial charge is 0.449 e. The smallest absolute Gasteiger partial charge is 0.409 e. The zero-order valence-corrected chi connectivity index (χ0v) is 64.9. The number of hydrogen-bond acceptors (Lipinski definition) is 18. The van der Waals surface area contributed by atoms with Gasteiger partial charge in [-0.2, -0.15) is 0 Å². The van der Waals surface area contributed by atoms with E-state index in [0.717, 1.165) is 24.5 Å². The number of aliphatic hydroxyl groups excluding tert-OH is 2. The van der Waals surface area contributed by atoms with Crippen LogP contribution < -0.4 is 31.5 Å². The number of carbonyl (C=O) groups excluding carboxylic acids is 12. The molecule has 3 rings (SSSR count). The molecule has 30 nitrogen and oxygen atoms in total. The summed E-state index contributed by atoms with van der Waals surface area (Å²) in [5, 5.41) is 37.3. The predicted molar refractivity (Wildman–Crippen MR) is 386 cm³/mol. The molecule has 7 N–H and O–H groups in total. The highest BCUT2D eigenvalue weighted by atomic mass is 16.6. The Labute approximate surface area is 604 Å². The van der Waals surface area contributed by atoms with Gasteiger partial charge >= 0.3 is 6.09 Å². The van der Waals surface area contributed by atoms with Gasteiger partial charge in [0.2, 0.25) is 70.9 Å². The summed E-state index contributed by atoms with van der Waals surface area (Å²) in [6, 6.07) is -13.8. The Morgan fingerprint density at radius 3 is 1.42 bits per heavy atom. The summed E-state index contributed by atoms with van der Waals surface area (Å²) in [5.74, 6) is -11.2. The molecule has 1 aromatic rings. The van der Waals surface area contributed by atoms with Crippen LogP contribution in [0.15, 0.2) is 30.6 Å². The molecule has 0 radical (unpaired) electrons. The summed E-state index contributed by atoms with van der Waals surface area (Å²) in [5.41, 5.74) is 0. The third-order valence-corrected chi connectivity index (χ3v) is 19.0. The third kappa shape index (κ3) is 24.9. The van der Waals surface area contributed by atoms with Gasteiger partial charge in [0.05, 0.1) is 18.8 Å². The van der Waals surface area contributed by atoms with Gasteiger partial charge in [-0.1, -0.05) is 95.2 Å². The first-order valence-corrected chi connectivity index (χ1v) is 36.0. The monoisotopic (exact) mass is 1440 g/mol. The molecule has 0 bridgehead atoms. The number of amides is 12. The molecule has 102 heavy (non-hydrogen) atoms. The number of hydrogen-bond donors (Lipinski definition) is 7. The van der Waals surface area contributed by atoms with Gasteiger partial charge in [-0.05, 0) is 121 Å². The van der Waals surface area contributed by atoms with Crippen molar-refractivity contribution in [2.24, 2.45) is 41.4 Å². The summed E-state index contributed by atoms with van der Waals surface area (Å²) in [4.78, 5) is 196. The molecule has 12 amide bonds. The average molecular weight is 1440 g/mol. The van der Waals surface area contributed by atoms with E-state index in [-0.39, 0.29) is 68.8 Å². The molecule has 1 aromatic heterocycles. The summed E-state index contributed by atoms with van der Waals surface area (Å²) >= 11 is 0. The van der Waals surface area contributed by atoms with Gasteiger partial charge in [-0.25, -0.2) is 14.8 Å². The van der Waals surface area contributed by atoms with Crippen molar-refractivity contribution in [3.05, 3.63) is 30.6 Å². The van der Waals surface area contributed by atoms with Gasteiger partial charge in [-0.15, -0.1) is 0 Å². The van der Waals surface area contributed by atoms with Crippen molar-refractivity contribution in [3.63, 3.8) is 0 Å². The molecule has 0 spiro atoms. The number of likely N-dealkylation sites (N-methyl/N-ethyl adjacent to an activating group) is 6. The topological polar surface area (TPSA) is 366 Å². The molecule has 2 aliphatic rings. The Morgan fingerprint density at radius 1 is 0.510 bits per heavy atom. The third-order valence-electron chi connectivity index (χ3n) is 19.0. The molecular weight excluding hydrogens is 1310 g/mol. The second-order valence-electron chi connectivity index (χ2n) is 30.1. The van der Waals surface area contributed by atoms with Gasteiger partial charge in [0.25, 0.3) is 0 Å². The Kier molecular flexibility index (Phi) is 35.2. The van der Waals surface area contributed by atoms with Gasteiger partial charge in [0.1, 0.15) is 66.5 Å². The van der Waals surface area contributed by atoms with E-state index in [4.69, 9.17) is 4.74 Å². The second-order valence-corrected chi connectivity index (χ2v) is 30.1. The van der Waals surface area contributed by atoms with Crippen LogP contribution in [-0.4, -0.2) is 279 Å². The van der Waals surface area contributed by atoms with E-state index in [1.165, 1.54) is 79.8 Å². The van der Waals surface area contributed by atoms with Crippen molar-refractivity contribution in [2.45, 2.75) is 235 Å². The number of nitrogens with one attached hydrogen (secondary N) is 5. The Bertz CT molecular complexity index is 3020. The number of nitrogens with zero attached hydrogens (tertiary/aromatic N) is 10. The van der Waals surface area contributed by atoms with Crippen molar-refractivity contribution in [2.75, 3.05) is 80.0 Å². The molecule has 15 atom stereocenters. The highest BCUT2D eigenvalue weighted by Gasteiger charge is 2.46. The van der Waals surface area contributed by atoms with Crippen molar-refractivity contribution in [1.82, 2.24) is 70.9 Å². The minimum Gasteiger partial charge on any atom is -0.449 e. The van der Waals surface area contributed by atoms with Crippen LogP contribution in [0.2, 0.25) is 0 Å². The van der Waals surface area contributed by atoms with Gasteiger partial charge in [-0.3, -0.25) is 52.7 Å².